The number of hydrogen-bond acceptors (Lipinski definition) is 5. The number of amides is 1. The van der Waals surface area contributed by atoms with E-state index < -0.39 is 0 Å². The molecule has 1 aliphatic carbocycles. The Morgan fingerprint density at radius 1 is 1.25 bits per heavy atom. The summed E-state index contributed by atoms with van der Waals surface area (Å²) in [5, 5.41) is 3.04. The maximum Gasteiger partial charge on any atom is 0.257 e. The summed E-state index contributed by atoms with van der Waals surface area (Å²) in [6, 6.07) is 8.73. The number of anilines is 1. The number of benzene rings is 1. The number of hydrogen-bond donors (Lipinski definition) is 1. The standard InChI is InChI=1S/C18H22N4OS/c1-3-19-18-20-10-14(11-21-18)17(23)22(15-6-7-15)12-13-4-8-16(24-2)9-5-13/h4-5,8-11,15H,3,6-7,12H2,1-2H3,(H,19,20,21). The zero-order chi connectivity index (χ0) is 16.9. The Morgan fingerprint density at radius 3 is 2.46 bits per heavy atom. The lowest BCUT2D eigenvalue weighted by atomic mass is 10.2. The zero-order valence-electron chi connectivity index (χ0n) is 14.0. The van der Waals surface area contributed by atoms with Gasteiger partial charge in [-0.25, -0.2) is 9.97 Å². The van der Waals surface area contributed by atoms with Crippen molar-refractivity contribution in [3.05, 3.63) is 47.8 Å². The second-order valence-electron chi connectivity index (χ2n) is 5.84. The molecule has 0 bridgehead atoms. The highest BCUT2D eigenvalue weighted by Crippen LogP contribution is 2.30. The third-order valence-corrected chi connectivity index (χ3v) is 4.74. The van der Waals surface area contributed by atoms with Crippen LogP contribution in [-0.2, 0) is 6.54 Å². The Morgan fingerprint density at radius 2 is 1.92 bits per heavy atom. The van der Waals surface area contributed by atoms with Crippen molar-refractivity contribution in [3.8, 4) is 0 Å². The number of rotatable bonds is 7. The highest BCUT2D eigenvalue weighted by atomic mass is 32.2. The van der Waals surface area contributed by atoms with Gasteiger partial charge in [-0.1, -0.05) is 12.1 Å². The van der Waals surface area contributed by atoms with E-state index in [0.29, 0.717) is 24.1 Å². The van der Waals surface area contributed by atoms with E-state index in [9.17, 15) is 4.79 Å². The lowest BCUT2D eigenvalue weighted by molar-refractivity contribution is 0.0729. The molecule has 1 aliphatic rings. The molecule has 1 heterocycles. The van der Waals surface area contributed by atoms with Crippen molar-refractivity contribution in [1.29, 1.82) is 0 Å². The Kier molecular flexibility index (Phi) is 5.35. The van der Waals surface area contributed by atoms with Crippen LogP contribution < -0.4 is 5.32 Å². The summed E-state index contributed by atoms with van der Waals surface area (Å²) in [5.41, 5.74) is 1.70. The molecule has 1 fully saturated rings. The minimum absolute atomic E-state index is 0.00879. The third kappa shape index (κ3) is 4.06. The largest absolute Gasteiger partial charge is 0.355 e. The van der Waals surface area contributed by atoms with Crippen LogP contribution in [0.2, 0.25) is 0 Å². The smallest absolute Gasteiger partial charge is 0.257 e. The highest BCUT2D eigenvalue weighted by Gasteiger charge is 2.33. The molecule has 24 heavy (non-hydrogen) atoms. The van der Waals surface area contributed by atoms with E-state index in [1.165, 1.54) is 4.90 Å². The van der Waals surface area contributed by atoms with E-state index in [-0.39, 0.29) is 5.91 Å². The van der Waals surface area contributed by atoms with Crippen molar-refractivity contribution >= 4 is 23.6 Å². The first-order valence-corrected chi connectivity index (χ1v) is 9.43. The molecule has 1 N–H and O–H groups in total. The summed E-state index contributed by atoms with van der Waals surface area (Å²) < 4.78 is 0. The van der Waals surface area contributed by atoms with Gasteiger partial charge < -0.3 is 10.2 Å². The van der Waals surface area contributed by atoms with Gasteiger partial charge in [0.05, 0.1) is 5.56 Å². The first-order valence-electron chi connectivity index (χ1n) is 8.21. The van der Waals surface area contributed by atoms with Gasteiger partial charge in [0, 0.05) is 36.4 Å². The van der Waals surface area contributed by atoms with Crippen molar-refractivity contribution in [1.82, 2.24) is 14.9 Å². The highest BCUT2D eigenvalue weighted by molar-refractivity contribution is 7.98. The van der Waals surface area contributed by atoms with Crippen LogP contribution in [0, 0.1) is 0 Å². The molecule has 0 saturated heterocycles. The summed E-state index contributed by atoms with van der Waals surface area (Å²) >= 11 is 1.72. The van der Waals surface area contributed by atoms with Crippen LogP contribution in [0.1, 0.15) is 35.7 Å². The van der Waals surface area contributed by atoms with Crippen molar-refractivity contribution in [3.63, 3.8) is 0 Å². The SMILES string of the molecule is CCNc1ncc(C(=O)N(Cc2ccc(SC)cc2)C2CC2)cn1. The number of aromatic nitrogens is 2. The predicted octanol–water partition coefficient (Wildman–Crippen LogP) is 3.44. The molecule has 3 rings (SSSR count). The lowest BCUT2D eigenvalue weighted by Gasteiger charge is -2.22. The molecule has 1 aromatic carbocycles. The van der Waals surface area contributed by atoms with Gasteiger partial charge in [0.1, 0.15) is 0 Å². The number of nitrogens with zero attached hydrogens (tertiary/aromatic N) is 3. The predicted molar refractivity (Wildman–Crippen MR) is 97.3 cm³/mol. The Balaban J connectivity index is 1.73. The molecule has 1 amide bonds. The molecule has 1 aromatic heterocycles. The van der Waals surface area contributed by atoms with E-state index in [4.69, 9.17) is 0 Å². The monoisotopic (exact) mass is 342 g/mol. The van der Waals surface area contributed by atoms with Crippen LogP contribution >= 0.6 is 11.8 Å². The Bertz CT molecular complexity index is 683. The van der Waals surface area contributed by atoms with E-state index in [1.807, 2.05) is 11.8 Å². The van der Waals surface area contributed by atoms with Crippen molar-refractivity contribution in [2.24, 2.45) is 0 Å². The molecular formula is C18H22N4OS. The normalized spacial score (nSPS) is 13.6. The van der Waals surface area contributed by atoms with Gasteiger partial charge in [-0.2, -0.15) is 0 Å². The van der Waals surface area contributed by atoms with Crippen LogP contribution in [-0.4, -0.2) is 39.6 Å². The molecule has 0 radical (unpaired) electrons. The molecule has 0 unspecified atom stereocenters. The molecule has 0 atom stereocenters. The van der Waals surface area contributed by atoms with Crippen molar-refractivity contribution < 1.29 is 4.79 Å². The van der Waals surface area contributed by atoms with Gasteiger partial charge in [-0.3, -0.25) is 4.79 Å². The average molecular weight is 342 g/mol. The second-order valence-corrected chi connectivity index (χ2v) is 6.72. The number of carbonyl (C=O) groups excluding carboxylic acids is 1. The summed E-state index contributed by atoms with van der Waals surface area (Å²) in [6.07, 6.45) is 7.43. The summed E-state index contributed by atoms with van der Waals surface area (Å²) in [6.45, 7) is 3.38. The first kappa shape index (κ1) is 16.8. The van der Waals surface area contributed by atoms with E-state index in [0.717, 1.165) is 24.9 Å². The molecule has 6 heteroatoms. The lowest BCUT2D eigenvalue weighted by Crippen LogP contribution is -2.32. The molecule has 1 saturated carbocycles. The molecule has 5 nitrogen and oxygen atoms in total. The molecule has 2 aromatic rings. The fourth-order valence-electron chi connectivity index (χ4n) is 2.53. The van der Waals surface area contributed by atoms with E-state index in [1.54, 1.807) is 24.2 Å². The quantitative estimate of drug-likeness (QED) is 0.781. The van der Waals surface area contributed by atoms with Crippen LogP contribution in [0.15, 0.2) is 41.6 Å². The maximum atomic E-state index is 12.8. The molecule has 126 valence electrons. The van der Waals surface area contributed by atoms with Crippen molar-refractivity contribution in [2.45, 2.75) is 37.2 Å². The number of thioether (sulfide) groups is 1. The third-order valence-electron chi connectivity index (χ3n) is 3.99. The Labute approximate surface area is 146 Å². The van der Waals surface area contributed by atoms with Crippen LogP contribution in [0.5, 0.6) is 0 Å². The first-order chi connectivity index (χ1) is 11.7. The second kappa shape index (κ2) is 7.66. The maximum absolute atomic E-state index is 12.8. The zero-order valence-corrected chi connectivity index (χ0v) is 14.8. The minimum Gasteiger partial charge on any atom is -0.355 e. The van der Waals surface area contributed by atoms with E-state index >= 15 is 0 Å². The fraction of sp³-hybridized carbons (Fsp3) is 0.389. The minimum atomic E-state index is 0.00879. The number of carbonyl (C=O) groups is 1. The van der Waals surface area contributed by atoms with Gasteiger partial charge in [0.2, 0.25) is 5.95 Å². The van der Waals surface area contributed by atoms with Gasteiger partial charge in [0.15, 0.2) is 0 Å². The topological polar surface area (TPSA) is 58.1 Å². The summed E-state index contributed by atoms with van der Waals surface area (Å²) in [5.74, 6) is 0.564. The number of nitrogens with one attached hydrogen (secondary N) is 1. The fourth-order valence-corrected chi connectivity index (χ4v) is 2.94. The van der Waals surface area contributed by atoms with Gasteiger partial charge in [-0.05, 0) is 43.7 Å². The molecular weight excluding hydrogens is 320 g/mol. The van der Waals surface area contributed by atoms with Gasteiger partial charge in [0.25, 0.3) is 5.91 Å². The average Bonchev–Trinajstić information content (AvgIpc) is 3.45. The summed E-state index contributed by atoms with van der Waals surface area (Å²) in [7, 11) is 0. The molecule has 0 spiro atoms. The van der Waals surface area contributed by atoms with Gasteiger partial charge in [-0.15, -0.1) is 11.8 Å². The van der Waals surface area contributed by atoms with Gasteiger partial charge >= 0.3 is 0 Å². The van der Waals surface area contributed by atoms with Crippen LogP contribution in [0.4, 0.5) is 5.95 Å². The van der Waals surface area contributed by atoms with Crippen LogP contribution in [0.25, 0.3) is 0 Å². The summed E-state index contributed by atoms with van der Waals surface area (Å²) in [4.78, 5) is 24.4. The van der Waals surface area contributed by atoms with Crippen LogP contribution in [0.3, 0.4) is 0 Å². The Hall–Kier alpha value is -2.08. The molecule has 0 aliphatic heterocycles. The van der Waals surface area contributed by atoms with Crippen molar-refractivity contribution in [2.75, 3.05) is 18.1 Å². The van der Waals surface area contributed by atoms with E-state index in [2.05, 4.69) is 45.8 Å².